The molecule has 0 bridgehead atoms. The Kier molecular flexibility index (Phi) is 4.88. The molecule has 15 heavy (non-hydrogen) atoms. The van der Waals surface area contributed by atoms with Gasteiger partial charge in [0.15, 0.2) is 0 Å². The van der Waals surface area contributed by atoms with Gasteiger partial charge in [-0.1, -0.05) is 0 Å². The van der Waals surface area contributed by atoms with Crippen molar-refractivity contribution in [3.8, 4) is 0 Å². The number of nitrogens with one attached hydrogen (secondary N) is 1. The van der Waals surface area contributed by atoms with Gasteiger partial charge < -0.3 is 10.2 Å². The number of hydrogen-bond donors (Lipinski definition) is 1. The molecule has 4 nitrogen and oxygen atoms in total. The Bertz CT molecular complexity index is 246. The molecule has 1 saturated heterocycles. The zero-order valence-electron chi connectivity index (χ0n) is 8.96. The first-order valence-corrected chi connectivity index (χ1v) is 5.83. The van der Waals surface area contributed by atoms with Gasteiger partial charge in [-0.3, -0.25) is 9.59 Å². The second kappa shape index (κ2) is 5.95. The molecule has 1 aliphatic heterocycles. The van der Waals surface area contributed by atoms with Crippen LogP contribution in [0.5, 0.6) is 0 Å². The maximum atomic E-state index is 11.7. The molecule has 1 atom stereocenters. The summed E-state index contributed by atoms with van der Waals surface area (Å²) in [5.74, 6) is 0.581. The van der Waals surface area contributed by atoms with Gasteiger partial charge in [-0.05, 0) is 19.8 Å². The van der Waals surface area contributed by atoms with Gasteiger partial charge in [0.1, 0.15) is 6.04 Å². The molecule has 0 spiro atoms. The zero-order chi connectivity index (χ0) is 11.3. The first-order chi connectivity index (χ1) is 7.16. The van der Waals surface area contributed by atoms with Crippen LogP contribution in [0.15, 0.2) is 0 Å². The van der Waals surface area contributed by atoms with Crippen LogP contribution >= 0.6 is 11.6 Å². The fourth-order valence-corrected chi connectivity index (χ4v) is 1.83. The molecule has 0 aromatic heterocycles. The zero-order valence-corrected chi connectivity index (χ0v) is 9.72. The third-order valence-electron chi connectivity index (χ3n) is 2.59. The topological polar surface area (TPSA) is 49.4 Å². The molecule has 1 rings (SSSR count). The summed E-state index contributed by atoms with van der Waals surface area (Å²) in [5.41, 5.74) is 0. The standard InChI is InChI=1S/C10H17ClN2O2/c1-8-10(15)12-6-7-13(8)9(14)4-2-3-5-11/h8H,2-7H2,1H3,(H,12,15). The molecular weight excluding hydrogens is 216 g/mol. The van der Waals surface area contributed by atoms with Crippen LogP contribution in [-0.4, -0.2) is 41.7 Å². The van der Waals surface area contributed by atoms with Crippen molar-refractivity contribution >= 4 is 23.4 Å². The number of carbonyl (C=O) groups is 2. The Morgan fingerprint density at radius 2 is 2.33 bits per heavy atom. The van der Waals surface area contributed by atoms with Crippen molar-refractivity contribution in [3.63, 3.8) is 0 Å². The Morgan fingerprint density at radius 3 is 3.00 bits per heavy atom. The minimum atomic E-state index is -0.331. The molecule has 0 aromatic rings. The number of rotatable bonds is 4. The first kappa shape index (κ1) is 12.3. The second-order valence-electron chi connectivity index (χ2n) is 3.70. The molecule has 1 aliphatic rings. The number of carbonyl (C=O) groups excluding carboxylic acids is 2. The Morgan fingerprint density at radius 1 is 1.60 bits per heavy atom. The van der Waals surface area contributed by atoms with E-state index in [2.05, 4.69) is 5.32 Å². The van der Waals surface area contributed by atoms with Gasteiger partial charge in [0, 0.05) is 25.4 Å². The van der Waals surface area contributed by atoms with Crippen molar-refractivity contribution in [3.05, 3.63) is 0 Å². The van der Waals surface area contributed by atoms with Gasteiger partial charge in [0.2, 0.25) is 11.8 Å². The summed E-state index contributed by atoms with van der Waals surface area (Å²) in [7, 11) is 0. The van der Waals surface area contributed by atoms with Crippen LogP contribution in [0.25, 0.3) is 0 Å². The van der Waals surface area contributed by atoms with Crippen molar-refractivity contribution in [2.45, 2.75) is 32.2 Å². The first-order valence-electron chi connectivity index (χ1n) is 5.30. The molecule has 1 heterocycles. The van der Waals surface area contributed by atoms with E-state index < -0.39 is 0 Å². The van der Waals surface area contributed by atoms with Crippen molar-refractivity contribution in [2.75, 3.05) is 19.0 Å². The summed E-state index contributed by atoms with van der Waals surface area (Å²) in [6.45, 7) is 2.94. The Labute approximate surface area is 95.0 Å². The number of alkyl halides is 1. The molecule has 0 aromatic carbocycles. The van der Waals surface area contributed by atoms with Gasteiger partial charge >= 0.3 is 0 Å². The Hall–Kier alpha value is -0.770. The highest BCUT2D eigenvalue weighted by Gasteiger charge is 2.28. The number of unbranched alkanes of at least 4 members (excludes halogenated alkanes) is 1. The molecule has 1 unspecified atom stereocenters. The molecule has 0 radical (unpaired) electrons. The van der Waals surface area contributed by atoms with Crippen LogP contribution in [0.4, 0.5) is 0 Å². The largest absolute Gasteiger partial charge is 0.353 e. The minimum Gasteiger partial charge on any atom is -0.353 e. The maximum Gasteiger partial charge on any atom is 0.242 e. The van der Waals surface area contributed by atoms with Crippen LogP contribution in [0.2, 0.25) is 0 Å². The van der Waals surface area contributed by atoms with Crippen LogP contribution in [0.3, 0.4) is 0 Å². The van der Waals surface area contributed by atoms with E-state index in [1.165, 1.54) is 0 Å². The van der Waals surface area contributed by atoms with Crippen LogP contribution in [0, 0.1) is 0 Å². The van der Waals surface area contributed by atoms with Crippen molar-refractivity contribution < 1.29 is 9.59 Å². The SMILES string of the molecule is CC1C(=O)NCCN1C(=O)CCCCCl. The predicted octanol–water partition coefficient (Wildman–Crippen LogP) is 0.742. The van der Waals surface area contributed by atoms with Gasteiger partial charge in [-0.2, -0.15) is 0 Å². The van der Waals surface area contributed by atoms with Crippen molar-refractivity contribution in [1.29, 1.82) is 0 Å². The fraction of sp³-hybridized carbons (Fsp3) is 0.800. The maximum absolute atomic E-state index is 11.7. The van der Waals surface area contributed by atoms with E-state index in [-0.39, 0.29) is 17.9 Å². The highest BCUT2D eigenvalue weighted by molar-refractivity contribution is 6.17. The van der Waals surface area contributed by atoms with E-state index in [4.69, 9.17) is 11.6 Å². The number of halogens is 1. The van der Waals surface area contributed by atoms with E-state index in [1.54, 1.807) is 11.8 Å². The lowest BCUT2D eigenvalue weighted by Crippen LogP contribution is -2.55. The molecule has 5 heteroatoms. The van der Waals surface area contributed by atoms with Crippen LogP contribution in [-0.2, 0) is 9.59 Å². The van der Waals surface area contributed by atoms with Crippen LogP contribution < -0.4 is 5.32 Å². The molecular formula is C10H17ClN2O2. The lowest BCUT2D eigenvalue weighted by Gasteiger charge is -2.32. The fourth-order valence-electron chi connectivity index (χ4n) is 1.64. The van der Waals surface area contributed by atoms with E-state index in [0.29, 0.717) is 25.4 Å². The van der Waals surface area contributed by atoms with Crippen molar-refractivity contribution in [1.82, 2.24) is 10.2 Å². The molecule has 1 fully saturated rings. The van der Waals surface area contributed by atoms with Crippen molar-refractivity contribution in [2.24, 2.45) is 0 Å². The summed E-state index contributed by atoms with van der Waals surface area (Å²) in [6.07, 6.45) is 2.14. The summed E-state index contributed by atoms with van der Waals surface area (Å²) >= 11 is 5.53. The number of piperazine rings is 1. The van der Waals surface area contributed by atoms with Crippen LogP contribution in [0.1, 0.15) is 26.2 Å². The normalized spacial score (nSPS) is 21.3. The van der Waals surface area contributed by atoms with E-state index in [9.17, 15) is 9.59 Å². The highest BCUT2D eigenvalue weighted by Crippen LogP contribution is 2.08. The summed E-state index contributed by atoms with van der Waals surface area (Å²) in [4.78, 5) is 24.7. The predicted molar refractivity (Wildman–Crippen MR) is 58.8 cm³/mol. The molecule has 0 aliphatic carbocycles. The van der Waals surface area contributed by atoms with Gasteiger partial charge in [0.25, 0.3) is 0 Å². The average Bonchev–Trinajstić information content (AvgIpc) is 2.22. The number of hydrogen-bond acceptors (Lipinski definition) is 2. The average molecular weight is 233 g/mol. The summed E-state index contributed by atoms with van der Waals surface area (Å²) < 4.78 is 0. The van der Waals surface area contributed by atoms with E-state index >= 15 is 0 Å². The van der Waals surface area contributed by atoms with E-state index in [0.717, 1.165) is 12.8 Å². The monoisotopic (exact) mass is 232 g/mol. The molecule has 86 valence electrons. The smallest absolute Gasteiger partial charge is 0.242 e. The van der Waals surface area contributed by atoms with Gasteiger partial charge in [0.05, 0.1) is 0 Å². The lowest BCUT2D eigenvalue weighted by molar-refractivity contribution is -0.142. The third kappa shape index (κ3) is 3.38. The highest BCUT2D eigenvalue weighted by atomic mass is 35.5. The number of amides is 2. The van der Waals surface area contributed by atoms with Gasteiger partial charge in [-0.25, -0.2) is 0 Å². The third-order valence-corrected chi connectivity index (χ3v) is 2.86. The molecule has 1 N–H and O–H groups in total. The minimum absolute atomic E-state index is 0.0578. The molecule has 2 amide bonds. The summed E-state index contributed by atoms with van der Waals surface area (Å²) in [6, 6.07) is -0.331. The number of nitrogens with zero attached hydrogens (tertiary/aromatic N) is 1. The van der Waals surface area contributed by atoms with Gasteiger partial charge in [-0.15, -0.1) is 11.6 Å². The summed E-state index contributed by atoms with van der Waals surface area (Å²) in [5, 5.41) is 2.73. The van der Waals surface area contributed by atoms with E-state index in [1.807, 2.05) is 0 Å². The Balaban J connectivity index is 2.40. The molecule has 0 saturated carbocycles. The lowest BCUT2D eigenvalue weighted by atomic mass is 10.1. The quantitative estimate of drug-likeness (QED) is 0.574. The second-order valence-corrected chi connectivity index (χ2v) is 4.08.